The van der Waals surface area contributed by atoms with Crippen LogP contribution in [-0.4, -0.2) is 15.9 Å². The van der Waals surface area contributed by atoms with Crippen LogP contribution in [0.25, 0.3) is 21.0 Å². The molecule has 0 radical (unpaired) electrons. The highest BCUT2D eigenvalue weighted by Crippen LogP contribution is 2.31. The smallest absolute Gasteiger partial charge is 0.232 e. The van der Waals surface area contributed by atoms with Crippen molar-refractivity contribution in [3.8, 4) is 0 Å². The van der Waals surface area contributed by atoms with Gasteiger partial charge in [0, 0.05) is 10.8 Å². The normalized spacial score (nSPS) is 11.2. The van der Waals surface area contributed by atoms with Crippen LogP contribution in [0.15, 0.2) is 41.8 Å². The molecule has 0 spiro atoms. The van der Waals surface area contributed by atoms with Gasteiger partial charge in [0.25, 0.3) is 0 Å². The molecule has 4 nitrogen and oxygen atoms in total. The third-order valence-corrected chi connectivity index (χ3v) is 5.75. The van der Waals surface area contributed by atoms with Gasteiger partial charge in [0.2, 0.25) is 5.91 Å². The molecule has 4 rings (SSSR count). The molecular formula is C18H15N3OS2. The van der Waals surface area contributed by atoms with Crippen LogP contribution >= 0.6 is 22.7 Å². The maximum absolute atomic E-state index is 12.2. The maximum Gasteiger partial charge on any atom is 0.232 e. The molecule has 0 bridgehead atoms. The number of fused-ring (bicyclic) bond motifs is 3. The minimum absolute atomic E-state index is 0.0775. The highest BCUT2D eigenvalue weighted by molar-refractivity contribution is 7.22. The van der Waals surface area contributed by atoms with Crippen molar-refractivity contribution in [3.63, 3.8) is 0 Å². The molecule has 1 N–H and O–H groups in total. The molecule has 6 heteroatoms. The molecule has 0 aliphatic carbocycles. The zero-order valence-electron chi connectivity index (χ0n) is 13.1. The van der Waals surface area contributed by atoms with E-state index in [4.69, 9.17) is 0 Å². The quantitative estimate of drug-likeness (QED) is 0.581. The van der Waals surface area contributed by atoms with Gasteiger partial charge in [0.1, 0.15) is 0 Å². The van der Waals surface area contributed by atoms with Crippen molar-refractivity contribution in [3.05, 3.63) is 52.5 Å². The number of thiazole rings is 2. The number of aromatic nitrogens is 2. The number of benzene rings is 2. The van der Waals surface area contributed by atoms with Gasteiger partial charge >= 0.3 is 0 Å². The molecule has 24 heavy (non-hydrogen) atoms. The minimum atomic E-state index is -0.0775. The van der Waals surface area contributed by atoms with Gasteiger partial charge < -0.3 is 5.32 Å². The Morgan fingerprint density at radius 2 is 2.04 bits per heavy atom. The first kappa shape index (κ1) is 15.2. The topological polar surface area (TPSA) is 54.9 Å². The van der Waals surface area contributed by atoms with Gasteiger partial charge in [-0.15, -0.1) is 11.3 Å². The summed E-state index contributed by atoms with van der Waals surface area (Å²) in [4.78, 5) is 21.3. The Bertz CT molecular complexity index is 1040. The van der Waals surface area contributed by atoms with Gasteiger partial charge in [-0.3, -0.25) is 4.79 Å². The average Bonchev–Trinajstić information content (AvgIpc) is 3.20. The molecule has 0 unspecified atom stereocenters. The number of aryl methyl sites for hydroxylation is 1. The van der Waals surface area contributed by atoms with Gasteiger partial charge in [-0.2, -0.15) is 0 Å². The van der Waals surface area contributed by atoms with Crippen LogP contribution < -0.4 is 5.32 Å². The molecule has 120 valence electrons. The molecule has 2 heterocycles. The van der Waals surface area contributed by atoms with Gasteiger partial charge in [-0.25, -0.2) is 9.97 Å². The highest BCUT2D eigenvalue weighted by Gasteiger charge is 2.12. The van der Waals surface area contributed by atoms with Crippen molar-refractivity contribution in [2.45, 2.75) is 19.8 Å². The summed E-state index contributed by atoms with van der Waals surface area (Å²) in [5, 5.41) is 8.81. The Balaban J connectivity index is 1.57. The van der Waals surface area contributed by atoms with E-state index in [1.54, 1.807) is 11.3 Å². The molecule has 0 fully saturated rings. The summed E-state index contributed by atoms with van der Waals surface area (Å²) in [6.07, 6.45) is 1.18. The van der Waals surface area contributed by atoms with E-state index in [0.29, 0.717) is 5.13 Å². The van der Waals surface area contributed by atoms with Crippen molar-refractivity contribution < 1.29 is 4.79 Å². The summed E-state index contributed by atoms with van der Waals surface area (Å²) < 4.78 is 1.07. The molecule has 4 aromatic rings. The molecule has 2 aromatic carbocycles. The second-order valence-electron chi connectivity index (χ2n) is 5.46. The lowest BCUT2D eigenvalue weighted by Gasteiger charge is -1.98. The number of rotatable bonds is 4. The summed E-state index contributed by atoms with van der Waals surface area (Å²) in [5.41, 5.74) is 1.76. The van der Waals surface area contributed by atoms with Crippen LogP contribution in [-0.2, 0) is 17.6 Å². The predicted octanol–water partition coefficient (Wildman–Crippen LogP) is 4.65. The summed E-state index contributed by atoms with van der Waals surface area (Å²) in [6.45, 7) is 2.06. The molecule has 2 aromatic heterocycles. The van der Waals surface area contributed by atoms with Crippen LogP contribution in [0, 0.1) is 0 Å². The van der Waals surface area contributed by atoms with Crippen molar-refractivity contribution in [2.75, 3.05) is 5.32 Å². The summed E-state index contributed by atoms with van der Waals surface area (Å²) >= 11 is 3.10. The van der Waals surface area contributed by atoms with Crippen LogP contribution in [0.1, 0.15) is 17.6 Å². The first-order valence-electron chi connectivity index (χ1n) is 7.74. The second kappa shape index (κ2) is 6.30. The zero-order valence-corrected chi connectivity index (χ0v) is 14.7. The van der Waals surface area contributed by atoms with E-state index >= 15 is 0 Å². The monoisotopic (exact) mass is 353 g/mol. The van der Waals surface area contributed by atoms with E-state index in [1.807, 2.05) is 17.5 Å². The Morgan fingerprint density at radius 3 is 2.88 bits per heavy atom. The van der Waals surface area contributed by atoms with E-state index in [2.05, 4.69) is 46.5 Å². The Morgan fingerprint density at radius 1 is 1.17 bits per heavy atom. The fourth-order valence-electron chi connectivity index (χ4n) is 2.64. The number of anilines is 1. The number of amides is 1. The number of nitrogens with one attached hydrogen (secondary N) is 1. The maximum atomic E-state index is 12.2. The first-order valence-corrected chi connectivity index (χ1v) is 9.44. The molecular weight excluding hydrogens is 338 g/mol. The molecule has 1 amide bonds. The molecule has 0 aliphatic rings. The third-order valence-electron chi connectivity index (χ3n) is 3.77. The van der Waals surface area contributed by atoms with Gasteiger partial charge in [-0.05, 0) is 17.9 Å². The van der Waals surface area contributed by atoms with E-state index in [9.17, 15) is 4.79 Å². The number of carbonyl (C=O) groups excluding carboxylic acids is 1. The van der Waals surface area contributed by atoms with Crippen molar-refractivity contribution in [2.24, 2.45) is 0 Å². The lowest BCUT2D eigenvalue weighted by Crippen LogP contribution is -2.14. The van der Waals surface area contributed by atoms with E-state index in [-0.39, 0.29) is 12.3 Å². The Hall–Kier alpha value is -2.31. The van der Waals surface area contributed by atoms with E-state index < -0.39 is 0 Å². The standard InChI is InChI=1S/C18H15N3OS2/c1-2-16-19-12(10-23-16)9-15(22)20-18-21-17-13-6-4-3-5-11(13)7-8-14(17)24-18/h3-8,10H,2,9H2,1H3,(H,20,21,22). The van der Waals surface area contributed by atoms with Crippen molar-refractivity contribution in [1.82, 2.24) is 9.97 Å². The van der Waals surface area contributed by atoms with Gasteiger partial charge in [-0.1, -0.05) is 48.6 Å². The summed E-state index contributed by atoms with van der Waals surface area (Å²) in [5.74, 6) is -0.0775. The molecule has 0 saturated carbocycles. The highest BCUT2D eigenvalue weighted by atomic mass is 32.1. The molecule has 0 saturated heterocycles. The van der Waals surface area contributed by atoms with Crippen LogP contribution in [0.2, 0.25) is 0 Å². The Labute approximate surface area is 147 Å². The SMILES string of the molecule is CCc1nc(CC(=O)Nc2nc3c(ccc4ccccc43)s2)cs1. The van der Waals surface area contributed by atoms with Gasteiger partial charge in [0.15, 0.2) is 5.13 Å². The summed E-state index contributed by atoms with van der Waals surface area (Å²) in [6, 6.07) is 12.3. The van der Waals surface area contributed by atoms with Crippen molar-refractivity contribution in [1.29, 1.82) is 0 Å². The number of nitrogens with zero attached hydrogens (tertiary/aromatic N) is 2. The van der Waals surface area contributed by atoms with E-state index in [0.717, 1.165) is 38.1 Å². The molecule has 0 atom stereocenters. The Kier molecular flexibility index (Phi) is 4.00. The molecule has 0 aliphatic heterocycles. The van der Waals surface area contributed by atoms with Gasteiger partial charge in [0.05, 0.1) is 27.3 Å². The summed E-state index contributed by atoms with van der Waals surface area (Å²) in [7, 11) is 0. The second-order valence-corrected chi connectivity index (χ2v) is 7.44. The number of carbonyl (C=O) groups is 1. The van der Waals surface area contributed by atoms with Crippen LogP contribution in [0.5, 0.6) is 0 Å². The van der Waals surface area contributed by atoms with E-state index in [1.165, 1.54) is 11.3 Å². The minimum Gasteiger partial charge on any atom is -0.302 e. The lowest BCUT2D eigenvalue weighted by molar-refractivity contribution is -0.115. The fraction of sp³-hybridized carbons (Fsp3) is 0.167. The third kappa shape index (κ3) is 2.90. The average molecular weight is 353 g/mol. The number of hydrogen-bond donors (Lipinski definition) is 1. The first-order chi connectivity index (χ1) is 11.7. The predicted molar refractivity (Wildman–Crippen MR) is 101 cm³/mol. The largest absolute Gasteiger partial charge is 0.302 e. The fourth-order valence-corrected chi connectivity index (χ4v) is 4.28. The lowest BCUT2D eigenvalue weighted by atomic mass is 10.1. The van der Waals surface area contributed by atoms with Crippen molar-refractivity contribution >= 4 is 54.7 Å². The number of hydrogen-bond acceptors (Lipinski definition) is 5. The zero-order chi connectivity index (χ0) is 16.5. The van der Waals surface area contributed by atoms with Crippen LogP contribution in [0.3, 0.4) is 0 Å². The van der Waals surface area contributed by atoms with Crippen LogP contribution in [0.4, 0.5) is 5.13 Å².